The second-order valence-corrected chi connectivity index (χ2v) is 5.48. The summed E-state index contributed by atoms with van der Waals surface area (Å²) in [5, 5.41) is 9.04. The molecule has 7 heteroatoms. The number of hydrogen-bond donors (Lipinski definition) is 0. The Morgan fingerprint density at radius 2 is 1.38 bits per heavy atom. The van der Waals surface area contributed by atoms with Gasteiger partial charge >= 0.3 is 0 Å². The van der Waals surface area contributed by atoms with Crippen LogP contribution in [0.5, 0.6) is 0 Å². The molecule has 2 aromatic heterocycles. The van der Waals surface area contributed by atoms with Crippen molar-refractivity contribution in [1.82, 2.24) is 19.6 Å². The molecule has 0 unspecified atom stereocenters. The normalized spacial score (nSPS) is 17.2. The van der Waals surface area contributed by atoms with Crippen LogP contribution in [0, 0.1) is 0 Å². The minimum atomic E-state index is 0.589. The fraction of sp³-hybridized carbons (Fsp3) is 0.571. The molecule has 0 saturated heterocycles. The molecule has 0 aromatic carbocycles. The maximum Gasteiger partial charge on any atom is 0.133 e. The molecule has 0 saturated carbocycles. The molecule has 21 heavy (non-hydrogen) atoms. The molecule has 0 amide bonds. The second kappa shape index (κ2) is 4.77. The van der Waals surface area contributed by atoms with Gasteiger partial charge in [-0.15, -0.1) is 0 Å². The number of anilines is 2. The van der Waals surface area contributed by atoms with Crippen LogP contribution in [0.25, 0.3) is 0 Å². The number of ether oxygens (including phenoxy) is 1. The number of aromatic nitrogens is 4. The summed E-state index contributed by atoms with van der Waals surface area (Å²) in [6.07, 6.45) is 3.98. The highest BCUT2D eigenvalue weighted by Gasteiger charge is 2.30. The van der Waals surface area contributed by atoms with Gasteiger partial charge in [0.05, 0.1) is 25.5 Å². The lowest BCUT2D eigenvalue weighted by Crippen LogP contribution is -2.40. The van der Waals surface area contributed by atoms with E-state index in [1.54, 1.807) is 0 Å². The number of aryl methyl sites for hydroxylation is 2. The SMILES string of the molecule is CCn1ncc2c1N1COCN(C2)c2c(cnn2CC)C1. The summed E-state index contributed by atoms with van der Waals surface area (Å²) in [6, 6.07) is 0. The maximum absolute atomic E-state index is 5.86. The molecule has 3 aliphatic heterocycles. The molecule has 0 fully saturated rings. The first-order valence-corrected chi connectivity index (χ1v) is 7.48. The van der Waals surface area contributed by atoms with Gasteiger partial charge in [0.15, 0.2) is 0 Å². The fourth-order valence-electron chi connectivity index (χ4n) is 3.29. The maximum atomic E-state index is 5.86. The average molecular weight is 288 g/mol. The number of hydrogen-bond acceptors (Lipinski definition) is 5. The molecular formula is C14H20N6O. The Bertz CT molecular complexity index is 604. The van der Waals surface area contributed by atoms with E-state index in [-0.39, 0.29) is 0 Å². The Hall–Kier alpha value is -2.02. The van der Waals surface area contributed by atoms with E-state index in [4.69, 9.17) is 4.74 Å². The highest BCUT2D eigenvalue weighted by molar-refractivity contribution is 5.57. The molecule has 5 rings (SSSR count). The molecule has 7 nitrogen and oxygen atoms in total. The lowest BCUT2D eigenvalue weighted by atomic mass is 10.2. The van der Waals surface area contributed by atoms with E-state index in [0.29, 0.717) is 13.5 Å². The van der Waals surface area contributed by atoms with Crippen LogP contribution in [0.4, 0.5) is 11.6 Å². The quantitative estimate of drug-likeness (QED) is 0.836. The van der Waals surface area contributed by atoms with E-state index in [1.165, 1.54) is 22.8 Å². The number of fused-ring (bicyclic) bond motifs is 2. The van der Waals surface area contributed by atoms with Crippen LogP contribution in [0.3, 0.4) is 0 Å². The van der Waals surface area contributed by atoms with Crippen LogP contribution < -0.4 is 9.80 Å². The first-order valence-electron chi connectivity index (χ1n) is 7.48. The van der Waals surface area contributed by atoms with Crippen LogP contribution in [0.15, 0.2) is 12.4 Å². The van der Waals surface area contributed by atoms with Crippen LogP contribution in [-0.4, -0.2) is 33.0 Å². The van der Waals surface area contributed by atoms with Crippen molar-refractivity contribution in [3.63, 3.8) is 0 Å². The molecule has 2 bridgehead atoms. The van der Waals surface area contributed by atoms with E-state index in [9.17, 15) is 0 Å². The second-order valence-electron chi connectivity index (χ2n) is 5.48. The first-order chi connectivity index (χ1) is 10.3. The first kappa shape index (κ1) is 12.7. The van der Waals surface area contributed by atoms with Crippen molar-refractivity contribution in [1.29, 1.82) is 0 Å². The van der Waals surface area contributed by atoms with Gasteiger partial charge in [0.25, 0.3) is 0 Å². The van der Waals surface area contributed by atoms with Gasteiger partial charge < -0.3 is 14.5 Å². The monoisotopic (exact) mass is 288 g/mol. The van der Waals surface area contributed by atoms with Gasteiger partial charge in [0, 0.05) is 24.2 Å². The van der Waals surface area contributed by atoms with Crippen molar-refractivity contribution < 1.29 is 4.74 Å². The van der Waals surface area contributed by atoms with Gasteiger partial charge in [-0.1, -0.05) is 0 Å². The molecule has 0 radical (unpaired) electrons. The van der Waals surface area contributed by atoms with E-state index >= 15 is 0 Å². The molecule has 0 atom stereocenters. The van der Waals surface area contributed by atoms with E-state index in [2.05, 4.69) is 43.2 Å². The van der Waals surface area contributed by atoms with Crippen molar-refractivity contribution in [3.05, 3.63) is 23.5 Å². The Morgan fingerprint density at radius 3 is 1.81 bits per heavy atom. The summed E-state index contributed by atoms with van der Waals surface area (Å²) in [6.45, 7) is 8.77. The molecule has 0 N–H and O–H groups in total. The minimum absolute atomic E-state index is 0.589. The molecule has 2 aromatic rings. The van der Waals surface area contributed by atoms with Crippen molar-refractivity contribution in [3.8, 4) is 0 Å². The third kappa shape index (κ3) is 1.84. The average Bonchev–Trinajstić information content (AvgIpc) is 3.02. The highest BCUT2D eigenvalue weighted by Crippen LogP contribution is 2.34. The van der Waals surface area contributed by atoms with Gasteiger partial charge in [-0.05, 0) is 13.8 Å². The predicted octanol–water partition coefficient (Wildman–Crippen LogP) is 1.39. The van der Waals surface area contributed by atoms with Gasteiger partial charge in [-0.3, -0.25) is 0 Å². The Kier molecular flexibility index (Phi) is 2.88. The summed E-state index contributed by atoms with van der Waals surface area (Å²) in [4.78, 5) is 4.53. The van der Waals surface area contributed by atoms with Crippen LogP contribution in [-0.2, 0) is 30.9 Å². The molecular weight excluding hydrogens is 268 g/mol. The Balaban J connectivity index is 1.86. The smallest absolute Gasteiger partial charge is 0.133 e. The van der Waals surface area contributed by atoms with Crippen molar-refractivity contribution in [2.24, 2.45) is 0 Å². The number of rotatable bonds is 2. The third-order valence-corrected chi connectivity index (χ3v) is 4.18. The molecule has 0 spiro atoms. The zero-order chi connectivity index (χ0) is 14.4. The zero-order valence-corrected chi connectivity index (χ0v) is 12.5. The molecule has 3 aliphatic rings. The summed E-state index contributed by atoms with van der Waals surface area (Å²) < 4.78 is 9.97. The van der Waals surface area contributed by atoms with Crippen LogP contribution >= 0.6 is 0 Å². The standard InChI is InChI=1S/C14H20N6O/c1-3-19-13-11(5-15-19)7-18-10-21-9-17(13)8-12-6-16-20(4-2)14(12)18/h5-6H,3-4,7-10H2,1-2H3. The van der Waals surface area contributed by atoms with E-state index in [1.807, 2.05) is 12.4 Å². The van der Waals surface area contributed by atoms with Gasteiger partial charge in [0.1, 0.15) is 25.1 Å². The van der Waals surface area contributed by atoms with Crippen LogP contribution in [0.1, 0.15) is 25.0 Å². The fourth-order valence-corrected chi connectivity index (χ4v) is 3.29. The lowest BCUT2D eigenvalue weighted by Gasteiger charge is -2.36. The minimum Gasteiger partial charge on any atom is -0.341 e. The van der Waals surface area contributed by atoms with Gasteiger partial charge in [-0.2, -0.15) is 10.2 Å². The third-order valence-electron chi connectivity index (χ3n) is 4.18. The molecule has 5 heterocycles. The Morgan fingerprint density at radius 1 is 0.905 bits per heavy atom. The van der Waals surface area contributed by atoms with Crippen LogP contribution in [0.2, 0.25) is 0 Å². The topological polar surface area (TPSA) is 51.4 Å². The van der Waals surface area contributed by atoms with Gasteiger partial charge in [0.2, 0.25) is 0 Å². The van der Waals surface area contributed by atoms with Crippen molar-refractivity contribution in [2.75, 3.05) is 23.3 Å². The summed E-state index contributed by atoms with van der Waals surface area (Å²) in [5.74, 6) is 2.36. The molecule has 112 valence electrons. The largest absolute Gasteiger partial charge is 0.341 e. The summed E-state index contributed by atoms with van der Waals surface area (Å²) in [7, 11) is 0. The van der Waals surface area contributed by atoms with E-state index < -0.39 is 0 Å². The molecule has 0 aliphatic carbocycles. The van der Waals surface area contributed by atoms with Crippen molar-refractivity contribution in [2.45, 2.75) is 40.0 Å². The zero-order valence-electron chi connectivity index (χ0n) is 12.5. The van der Waals surface area contributed by atoms with Gasteiger partial charge in [-0.25, -0.2) is 9.36 Å². The van der Waals surface area contributed by atoms with E-state index in [0.717, 1.165) is 26.2 Å². The Labute approximate surface area is 123 Å². The number of nitrogens with zero attached hydrogens (tertiary/aromatic N) is 6. The summed E-state index contributed by atoms with van der Waals surface area (Å²) >= 11 is 0. The predicted molar refractivity (Wildman–Crippen MR) is 79.0 cm³/mol. The lowest BCUT2D eigenvalue weighted by molar-refractivity contribution is 0.124. The summed E-state index contributed by atoms with van der Waals surface area (Å²) in [5.41, 5.74) is 2.52. The van der Waals surface area contributed by atoms with Crippen molar-refractivity contribution >= 4 is 11.6 Å². The highest BCUT2D eigenvalue weighted by atomic mass is 16.5.